The van der Waals surface area contributed by atoms with Gasteiger partial charge in [0.1, 0.15) is 11.6 Å². The average molecular weight is 237 g/mol. The molecule has 0 radical (unpaired) electrons. The first-order chi connectivity index (χ1) is 8.19. The topological polar surface area (TPSA) is 12.0 Å². The molecule has 2 atom stereocenters. The van der Waals surface area contributed by atoms with Gasteiger partial charge < -0.3 is 5.32 Å². The van der Waals surface area contributed by atoms with Crippen molar-refractivity contribution in [1.82, 2.24) is 5.32 Å². The van der Waals surface area contributed by atoms with Gasteiger partial charge in [-0.25, -0.2) is 8.78 Å². The number of hydrogen-bond donors (Lipinski definition) is 1. The summed E-state index contributed by atoms with van der Waals surface area (Å²) >= 11 is 0. The SMILES string of the molecule is Fc1cc(F)cc(CC2CC3CCC(C2)N3)c1. The van der Waals surface area contributed by atoms with Crippen molar-refractivity contribution in [3.63, 3.8) is 0 Å². The van der Waals surface area contributed by atoms with E-state index in [9.17, 15) is 8.78 Å². The van der Waals surface area contributed by atoms with E-state index in [1.807, 2.05) is 0 Å². The van der Waals surface area contributed by atoms with Crippen molar-refractivity contribution < 1.29 is 8.78 Å². The van der Waals surface area contributed by atoms with Gasteiger partial charge in [-0.2, -0.15) is 0 Å². The van der Waals surface area contributed by atoms with Gasteiger partial charge in [0, 0.05) is 18.2 Å². The van der Waals surface area contributed by atoms with Crippen molar-refractivity contribution in [2.45, 2.75) is 44.2 Å². The van der Waals surface area contributed by atoms with Gasteiger partial charge in [-0.1, -0.05) is 0 Å². The molecule has 1 aromatic rings. The maximum absolute atomic E-state index is 13.1. The van der Waals surface area contributed by atoms with Crippen LogP contribution in [0.15, 0.2) is 18.2 Å². The van der Waals surface area contributed by atoms with Crippen LogP contribution in [0.5, 0.6) is 0 Å². The predicted octanol–water partition coefficient (Wildman–Crippen LogP) is 3.04. The molecule has 3 heteroatoms. The highest BCUT2D eigenvalue weighted by Gasteiger charge is 2.33. The van der Waals surface area contributed by atoms with Crippen LogP contribution in [0.25, 0.3) is 0 Å². The van der Waals surface area contributed by atoms with Crippen LogP contribution in [0.1, 0.15) is 31.2 Å². The van der Waals surface area contributed by atoms with Crippen molar-refractivity contribution >= 4 is 0 Å². The molecule has 1 aromatic carbocycles. The Morgan fingerprint density at radius 1 is 1.00 bits per heavy atom. The van der Waals surface area contributed by atoms with Crippen molar-refractivity contribution in [1.29, 1.82) is 0 Å². The molecule has 2 saturated heterocycles. The van der Waals surface area contributed by atoms with Gasteiger partial charge in [0.25, 0.3) is 0 Å². The molecule has 17 heavy (non-hydrogen) atoms. The third-order valence-electron chi connectivity index (χ3n) is 4.02. The van der Waals surface area contributed by atoms with Gasteiger partial charge in [-0.3, -0.25) is 0 Å². The molecule has 2 fully saturated rings. The molecule has 0 aliphatic carbocycles. The van der Waals surface area contributed by atoms with Crippen LogP contribution in [-0.4, -0.2) is 12.1 Å². The first-order valence-electron chi connectivity index (χ1n) is 6.40. The maximum atomic E-state index is 13.1. The summed E-state index contributed by atoms with van der Waals surface area (Å²) in [4.78, 5) is 0. The Morgan fingerprint density at radius 2 is 1.59 bits per heavy atom. The summed E-state index contributed by atoms with van der Waals surface area (Å²) in [5.74, 6) is -0.344. The zero-order valence-corrected chi connectivity index (χ0v) is 9.76. The molecule has 0 spiro atoms. The normalized spacial score (nSPS) is 31.8. The van der Waals surface area contributed by atoms with Crippen molar-refractivity contribution in [2.75, 3.05) is 0 Å². The summed E-state index contributed by atoms with van der Waals surface area (Å²) in [7, 11) is 0. The van der Waals surface area contributed by atoms with Gasteiger partial charge in [0.05, 0.1) is 0 Å². The Hall–Kier alpha value is -0.960. The second-order valence-electron chi connectivity index (χ2n) is 5.46. The van der Waals surface area contributed by atoms with E-state index in [1.165, 1.54) is 25.0 Å². The minimum atomic E-state index is -0.461. The Morgan fingerprint density at radius 3 is 2.18 bits per heavy atom. The molecule has 3 rings (SSSR count). The summed E-state index contributed by atoms with van der Waals surface area (Å²) in [5.41, 5.74) is 0.800. The van der Waals surface area contributed by atoms with E-state index in [1.54, 1.807) is 0 Å². The molecule has 92 valence electrons. The van der Waals surface area contributed by atoms with Crippen LogP contribution in [0.4, 0.5) is 8.78 Å². The molecule has 2 unspecified atom stereocenters. The van der Waals surface area contributed by atoms with Gasteiger partial charge in [0.15, 0.2) is 0 Å². The molecule has 1 N–H and O–H groups in total. The summed E-state index contributed by atoms with van der Waals surface area (Å²) in [5, 5.41) is 3.58. The zero-order chi connectivity index (χ0) is 11.8. The van der Waals surface area contributed by atoms with E-state index in [0.717, 1.165) is 30.9 Å². The monoisotopic (exact) mass is 237 g/mol. The third-order valence-corrected chi connectivity index (χ3v) is 4.02. The Kier molecular flexibility index (Phi) is 2.87. The van der Waals surface area contributed by atoms with Gasteiger partial charge >= 0.3 is 0 Å². The lowest BCUT2D eigenvalue weighted by Gasteiger charge is -2.29. The summed E-state index contributed by atoms with van der Waals surface area (Å²) in [6.45, 7) is 0. The summed E-state index contributed by atoms with van der Waals surface area (Å²) in [6.07, 6.45) is 5.63. The third kappa shape index (κ3) is 2.49. The minimum absolute atomic E-state index is 0.461. The fraction of sp³-hybridized carbons (Fsp3) is 0.571. The molecule has 2 heterocycles. The van der Waals surface area contributed by atoms with Gasteiger partial charge in [0.2, 0.25) is 0 Å². The number of fused-ring (bicyclic) bond motifs is 2. The van der Waals surface area contributed by atoms with Crippen LogP contribution in [-0.2, 0) is 6.42 Å². The molecule has 0 amide bonds. The highest BCUT2D eigenvalue weighted by atomic mass is 19.1. The predicted molar refractivity (Wildman–Crippen MR) is 62.7 cm³/mol. The van der Waals surface area contributed by atoms with Crippen LogP contribution >= 0.6 is 0 Å². The van der Waals surface area contributed by atoms with Crippen LogP contribution in [0.3, 0.4) is 0 Å². The average Bonchev–Trinajstić information content (AvgIpc) is 2.56. The first-order valence-corrected chi connectivity index (χ1v) is 6.40. The van der Waals surface area contributed by atoms with Crippen LogP contribution < -0.4 is 5.32 Å². The summed E-state index contributed by atoms with van der Waals surface area (Å²) < 4.78 is 26.2. The van der Waals surface area contributed by atoms with E-state index in [4.69, 9.17) is 0 Å². The molecule has 0 aromatic heterocycles. The fourth-order valence-electron chi connectivity index (χ4n) is 3.40. The van der Waals surface area contributed by atoms with Crippen molar-refractivity contribution in [3.05, 3.63) is 35.4 Å². The van der Waals surface area contributed by atoms with E-state index in [0.29, 0.717) is 18.0 Å². The minimum Gasteiger partial charge on any atom is -0.311 e. The van der Waals surface area contributed by atoms with E-state index in [-0.39, 0.29) is 0 Å². The Labute approximate surface area is 100 Å². The number of rotatable bonds is 2. The smallest absolute Gasteiger partial charge is 0.126 e. The molecule has 0 saturated carbocycles. The maximum Gasteiger partial charge on any atom is 0.126 e. The molecule has 1 nitrogen and oxygen atoms in total. The summed E-state index contributed by atoms with van der Waals surface area (Å²) in [6, 6.07) is 5.14. The van der Waals surface area contributed by atoms with E-state index in [2.05, 4.69) is 5.32 Å². The molecule has 2 aliphatic heterocycles. The van der Waals surface area contributed by atoms with Crippen LogP contribution in [0, 0.1) is 17.6 Å². The first kappa shape index (κ1) is 11.1. The molecular weight excluding hydrogens is 220 g/mol. The second kappa shape index (κ2) is 4.37. The molecule has 2 bridgehead atoms. The lowest BCUT2D eigenvalue weighted by Crippen LogP contribution is -2.38. The molecular formula is C14H17F2N. The zero-order valence-electron chi connectivity index (χ0n) is 9.76. The van der Waals surface area contributed by atoms with Crippen LogP contribution in [0.2, 0.25) is 0 Å². The van der Waals surface area contributed by atoms with E-state index < -0.39 is 11.6 Å². The number of piperidine rings is 1. The Bertz CT molecular complexity index is 386. The second-order valence-corrected chi connectivity index (χ2v) is 5.46. The lowest BCUT2D eigenvalue weighted by atomic mass is 9.87. The quantitative estimate of drug-likeness (QED) is 0.833. The highest BCUT2D eigenvalue weighted by Crippen LogP contribution is 2.32. The Balaban J connectivity index is 1.70. The fourth-order valence-corrected chi connectivity index (χ4v) is 3.40. The highest BCUT2D eigenvalue weighted by molar-refractivity contribution is 5.18. The van der Waals surface area contributed by atoms with Crippen molar-refractivity contribution in [2.24, 2.45) is 5.92 Å². The largest absolute Gasteiger partial charge is 0.311 e. The standard InChI is InChI=1S/C14H17F2N/c15-11-4-9(5-12(16)8-11)3-10-6-13-1-2-14(7-10)17-13/h4-5,8,10,13-14,17H,1-3,6-7H2. The number of halogens is 2. The number of nitrogens with one attached hydrogen (secondary N) is 1. The number of hydrogen-bond acceptors (Lipinski definition) is 1. The van der Waals surface area contributed by atoms with Gasteiger partial charge in [-0.15, -0.1) is 0 Å². The number of benzene rings is 1. The van der Waals surface area contributed by atoms with Gasteiger partial charge in [-0.05, 0) is 55.7 Å². The van der Waals surface area contributed by atoms with E-state index >= 15 is 0 Å². The van der Waals surface area contributed by atoms with Crippen molar-refractivity contribution in [3.8, 4) is 0 Å². The molecule has 2 aliphatic rings. The lowest BCUT2D eigenvalue weighted by molar-refractivity contribution is 0.298.